The third-order valence-corrected chi connectivity index (χ3v) is 2.81. The van der Waals surface area contributed by atoms with Crippen molar-refractivity contribution in [2.75, 3.05) is 6.54 Å². The molecule has 1 aromatic rings. The van der Waals surface area contributed by atoms with Gasteiger partial charge in [-0.05, 0) is 12.5 Å². The van der Waals surface area contributed by atoms with Crippen LogP contribution in [0.3, 0.4) is 0 Å². The van der Waals surface area contributed by atoms with E-state index in [1.165, 1.54) is 4.90 Å². The average molecular weight is 248 g/mol. The zero-order chi connectivity index (χ0) is 13.0. The summed E-state index contributed by atoms with van der Waals surface area (Å²) in [5, 5.41) is 2.71. The highest BCUT2D eigenvalue weighted by molar-refractivity contribution is 5.94. The van der Waals surface area contributed by atoms with Crippen molar-refractivity contribution in [2.24, 2.45) is 0 Å². The Morgan fingerprint density at radius 2 is 2.11 bits per heavy atom. The summed E-state index contributed by atoms with van der Waals surface area (Å²) in [6.07, 6.45) is 4.77. The summed E-state index contributed by atoms with van der Waals surface area (Å²) in [5.41, 5.74) is 0. The molecule has 1 aromatic heterocycles. The third kappa shape index (κ3) is 2.82. The second-order valence-electron chi connectivity index (χ2n) is 4.27. The summed E-state index contributed by atoms with van der Waals surface area (Å²) < 4.78 is 0. The van der Waals surface area contributed by atoms with Crippen molar-refractivity contribution < 1.29 is 9.59 Å². The molecule has 1 atom stereocenters. The molecule has 18 heavy (non-hydrogen) atoms. The number of piperazine rings is 1. The fraction of sp³-hybridized carbons (Fsp3) is 0.500. The smallest absolute Gasteiger partial charge is 0.246 e. The number of hydrogen-bond acceptors (Lipinski definition) is 4. The molecule has 6 nitrogen and oxygen atoms in total. The van der Waals surface area contributed by atoms with E-state index < -0.39 is 6.04 Å². The van der Waals surface area contributed by atoms with E-state index in [0.29, 0.717) is 12.2 Å². The maximum Gasteiger partial charge on any atom is 0.246 e. The lowest BCUT2D eigenvalue weighted by Gasteiger charge is -2.31. The molecule has 1 unspecified atom stereocenters. The number of rotatable bonds is 4. The first kappa shape index (κ1) is 12.5. The summed E-state index contributed by atoms with van der Waals surface area (Å²) in [5.74, 6) is 0.378. The minimum absolute atomic E-state index is 0.0519. The van der Waals surface area contributed by atoms with Crippen LogP contribution in [0.2, 0.25) is 0 Å². The van der Waals surface area contributed by atoms with Crippen molar-refractivity contribution in [3.05, 3.63) is 24.3 Å². The summed E-state index contributed by atoms with van der Waals surface area (Å²) in [7, 11) is 0. The van der Waals surface area contributed by atoms with E-state index in [9.17, 15) is 9.59 Å². The third-order valence-electron chi connectivity index (χ3n) is 2.81. The maximum atomic E-state index is 12.1. The second-order valence-corrected chi connectivity index (χ2v) is 4.27. The molecule has 0 aliphatic carbocycles. The molecule has 0 spiro atoms. The molecule has 2 heterocycles. The largest absolute Gasteiger partial charge is 0.343 e. The van der Waals surface area contributed by atoms with Crippen molar-refractivity contribution >= 4 is 11.8 Å². The van der Waals surface area contributed by atoms with Gasteiger partial charge in [-0.15, -0.1) is 0 Å². The molecular formula is C12H16N4O2. The Hall–Kier alpha value is -1.98. The number of hydrogen-bond donors (Lipinski definition) is 1. The number of carbonyl (C=O) groups is 2. The first-order valence-corrected chi connectivity index (χ1v) is 6.04. The molecule has 2 amide bonds. The quantitative estimate of drug-likeness (QED) is 0.820. The van der Waals surface area contributed by atoms with Gasteiger partial charge < -0.3 is 10.2 Å². The van der Waals surface area contributed by atoms with E-state index in [1.54, 1.807) is 18.5 Å². The number of carbonyl (C=O) groups excluding carboxylic acids is 2. The van der Waals surface area contributed by atoms with Crippen molar-refractivity contribution in [3.63, 3.8) is 0 Å². The monoisotopic (exact) mass is 248 g/mol. The van der Waals surface area contributed by atoms with E-state index in [0.717, 1.165) is 6.42 Å². The highest BCUT2D eigenvalue weighted by atomic mass is 16.2. The topological polar surface area (TPSA) is 75.2 Å². The Balaban J connectivity index is 2.07. The van der Waals surface area contributed by atoms with E-state index in [4.69, 9.17) is 0 Å². The van der Waals surface area contributed by atoms with Crippen LogP contribution >= 0.6 is 0 Å². The van der Waals surface area contributed by atoms with Gasteiger partial charge in [-0.3, -0.25) is 9.59 Å². The van der Waals surface area contributed by atoms with E-state index >= 15 is 0 Å². The molecule has 1 aliphatic rings. The fourth-order valence-electron chi connectivity index (χ4n) is 1.97. The van der Waals surface area contributed by atoms with Gasteiger partial charge in [-0.2, -0.15) is 0 Å². The van der Waals surface area contributed by atoms with Gasteiger partial charge in [0.05, 0.1) is 6.54 Å². The van der Waals surface area contributed by atoms with Crippen molar-refractivity contribution in [2.45, 2.75) is 32.4 Å². The lowest BCUT2D eigenvalue weighted by Crippen LogP contribution is -2.57. The van der Waals surface area contributed by atoms with Crippen LogP contribution in [0.25, 0.3) is 0 Å². The van der Waals surface area contributed by atoms with Gasteiger partial charge in [0.1, 0.15) is 18.4 Å². The van der Waals surface area contributed by atoms with Crippen LogP contribution in [-0.4, -0.2) is 39.3 Å². The predicted octanol–water partition coefficient (Wildman–Crippen LogP) is 0.104. The molecule has 1 saturated heterocycles. The van der Waals surface area contributed by atoms with E-state index in [-0.39, 0.29) is 24.9 Å². The summed E-state index contributed by atoms with van der Waals surface area (Å²) in [6.45, 7) is 2.35. The molecule has 2 rings (SSSR count). The minimum Gasteiger partial charge on any atom is -0.343 e. The second kappa shape index (κ2) is 5.57. The molecular weight excluding hydrogens is 232 g/mol. The SMILES string of the molecule is CCCC1NC(=O)CN(Cc2ncccn2)C1=O. The van der Waals surface area contributed by atoms with Crippen LogP contribution in [-0.2, 0) is 16.1 Å². The normalized spacial score (nSPS) is 19.8. The Kier molecular flexibility index (Phi) is 3.86. The molecule has 0 radical (unpaired) electrons. The van der Waals surface area contributed by atoms with Gasteiger partial charge in [0.2, 0.25) is 11.8 Å². The van der Waals surface area contributed by atoms with Gasteiger partial charge in [0, 0.05) is 12.4 Å². The first-order valence-electron chi connectivity index (χ1n) is 6.04. The lowest BCUT2D eigenvalue weighted by atomic mass is 10.1. The lowest BCUT2D eigenvalue weighted by molar-refractivity contribution is -0.145. The first-order chi connectivity index (χ1) is 8.70. The molecule has 6 heteroatoms. The van der Waals surface area contributed by atoms with Crippen molar-refractivity contribution in [3.8, 4) is 0 Å². The highest BCUT2D eigenvalue weighted by Gasteiger charge is 2.32. The molecule has 0 aromatic carbocycles. The highest BCUT2D eigenvalue weighted by Crippen LogP contribution is 2.10. The number of aromatic nitrogens is 2. The molecule has 1 fully saturated rings. The average Bonchev–Trinajstić information content (AvgIpc) is 2.36. The van der Waals surface area contributed by atoms with E-state index in [1.807, 2.05) is 6.92 Å². The predicted molar refractivity (Wildman–Crippen MR) is 64.3 cm³/mol. The summed E-state index contributed by atoms with van der Waals surface area (Å²) >= 11 is 0. The van der Waals surface area contributed by atoms with Crippen LogP contribution in [0.5, 0.6) is 0 Å². The molecule has 0 saturated carbocycles. The molecule has 1 aliphatic heterocycles. The molecule has 1 N–H and O–H groups in total. The minimum atomic E-state index is -0.403. The van der Waals surface area contributed by atoms with Crippen molar-refractivity contribution in [1.82, 2.24) is 20.2 Å². The standard InChI is InChI=1S/C12H16N4O2/c1-2-4-9-12(18)16(8-11(17)15-9)7-10-13-5-3-6-14-10/h3,5-6,9H,2,4,7-8H2,1H3,(H,15,17). The molecule has 0 bridgehead atoms. The Morgan fingerprint density at radius 1 is 1.39 bits per heavy atom. The fourth-order valence-corrected chi connectivity index (χ4v) is 1.97. The van der Waals surface area contributed by atoms with E-state index in [2.05, 4.69) is 15.3 Å². The van der Waals surface area contributed by atoms with Crippen molar-refractivity contribution in [1.29, 1.82) is 0 Å². The van der Waals surface area contributed by atoms with Crippen LogP contribution in [0.1, 0.15) is 25.6 Å². The zero-order valence-corrected chi connectivity index (χ0v) is 10.3. The summed E-state index contributed by atoms with van der Waals surface area (Å²) in [4.78, 5) is 33.3. The Labute approximate surface area is 105 Å². The van der Waals surface area contributed by atoms with Gasteiger partial charge in [0.25, 0.3) is 0 Å². The number of nitrogens with one attached hydrogen (secondary N) is 1. The van der Waals surface area contributed by atoms with Gasteiger partial charge in [-0.25, -0.2) is 9.97 Å². The van der Waals surface area contributed by atoms with Gasteiger partial charge in [-0.1, -0.05) is 13.3 Å². The van der Waals surface area contributed by atoms with Gasteiger partial charge in [0.15, 0.2) is 0 Å². The Bertz CT molecular complexity index is 435. The number of nitrogens with zero attached hydrogens (tertiary/aromatic N) is 3. The zero-order valence-electron chi connectivity index (χ0n) is 10.3. The summed E-state index contributed by atoms with van der Waals surface area (Å²) in [6, 6.07) is 1.31. The number of amides is 2. The Morgan fingerprint density at radius 3 is 2.78 bits per heavy atom. The van der Waals surface area contributed by atoms with Crippen LogP contribution in [0.4, 0.5) is 0 Å². The van der Waals surface area contributed by atoms with Crippen LogP contribution in [0.15, 0.2) is 18.5 Å². The van der Waals surface area contributed by atoms with Crippen LogP contribution < -0.4 is 5.32 Å². The van der Waals surface area contributed by atoms with Crippen LogP contribution in [0, 0.1) is 0 Å². The molecule has 96 valence electrons. The van der Waals surface area contributed by atoms with Gasteiger partial charge >= 0.3 is 0 Å². The maximum absolute atomic E-state index is 12.1.